The fourth-order valence-electron chi connectivity index (χ4n) is 6.11. The smallest absolute Gasteiger partial charge is 0.225 e. The fraction of sp³-hybridized carbons (Fsp3) is 0.579. The van der Waals surface area contributed by atoms with Crippen molar-refractivity contribution in [1.82, 2.24) is 9.97 Å². The third-order valence-electron chi connectivity index (χ3n) is 9.24. The van der Waals surface area contributed by atoms with E-state index in [0.29, 0.717) is 12.0 Å². The van der Waals surface area contributed by atoms with E-state index in [1.54, 1.807) is 0 Å². The molecule has 2 aliphatic heterocycles. The molecule has 0 amide bonds. The van der Waals surface area contributed by atoms with E-state index in [4.69, 9.17) is 23.9 Å². The second-order valence-electron chi connectivity index (χ2n) is 13.4. The summed E-state index contributed by atoms with van der Waals surface area (Å²) in [6, 6.07) is 18.9. The summed E-state index contributed by atoms with van der Waals surface area (Å²) < 4.78 is 23.2. The highest BCUT2D eigenvalue weighted by molar-refractivity contribution is 5.42. The van der Waals surface area contributed by atoms with Crippen molar-refractivity contribution in [2.75, 3.05) is 51.0 Å². The first-order valence-electron chi connectivity index (χ1n) is 17.2. The summed E-state index contributed by atoms with van der Waals surface area (Å²) in [6.07, 6.45) is 12.9. The Morgan fingerprint density at radius 2 is 1.31 bits per heavy atom. The van der Waals surface area contributed by atoms with E-state index in [-0.39, 0.29) is 5.41 Å². The highest BCUT2D eigenvalue weighted by atomic mass is 16.5. The normalized spacial score (nSPS) is 15.5. The highest BCUT2D eigenvalue weighted by Crippen LogP contribution is 2.39. The molecule has 1 aromatic heterocycles. The van der Waals surface area contributed by atoms with Crippen LogP contribution in [0.15, 0.2) is 60.8 Å². The molecule has 0 saturated carbocycles. The predicted octanol–water partition coefficient (Wildman–Crippen LogP) is 8.14. The van der Waals surface area contributed by atoms with Crippen molar-refractivity contribution >= 4 is 5.95 Å². The van der Waals surface area contributed by atoms with Gasteiger partial charge in [-0.25, -0.2) is 9.97 Å². The van der Waals surface area contributed by atoms with Crippen LogP contribution in [-0.4, -0.2) is 56.1 Å². The molecule has 244 valence electrons. The van der Waals surface area contributed by atoms with Crippen LogP contribution < -0.4 is 14.4 Å². The van der Waals surface area contributed by atoms with Crippen molar-refractivity contribution in [3.8, 4) is 11.5 Å². The molecular formula is C38H53N3O4. The minimum absolute atomic E-state index is 0.140. The first kappa shape index (κ1) is 33.2. The van der Waals surface area contributed by atoms with E-state index in [1.165, 1.54) is 62.5 Å². The van der Waals surface area contributed by atoms with E-state index in [0.717, 1.165) is 75.7 Å². The van der Waals surface area contributed by atoms with E-state index in [9.17, 15) is 0 Å². The third-order valence-corrected chi connectivity index (χ3v) is 9.24. The number of ether oxygens (including phenoxy) is 4. The maximum Gasteiger partial charge on any atom is 0.225 e. The Balaban J connectivity index is 0.984. The molecule has 0 bridgehead atoms. The van der Waals surface area contributed by atoms with Gasteiger partial charge in [0.15, 0.2) is 0 Å². The van der Waals surface area contributed by atoms with Gasteiger partial charge in [0.1, 0.15) is 18.1 Å². The lowest BCUT2D eigenvalue weighted by Gasteiger charge is -2.54. The summed E-state index contributed by atoms with van der Waals surface area (Å²) in [5.41, 5.74) is 3.57. The lowest BCUT2D eigenvalue weighted by Crippen LogP contribution is -2.66. The Bertz CT molecular complexity index is 1280. The van der Waals surface area contributed by atoms with Crippen LogP contribution in [0, 0.1) is 5.41 Å². The molecule has 0 unspecified atom stereocenters. The van der Waals surface area contributed by atoms with E-state index in [2.05, 4.69) is 79.2 Å². The van der Waals surface area contributed by atoms with Crippen molar-refractivity contribution in [3.05, 3.63) is 77.6 Å². The molecule has 2 fully saturated rings. The van der Waals surface area contributed by atoms with Gasteiger partial charge in [0.2, 0.25) is 5.95 Å². The van der Waals surface area contributed by atoms with Gasteiger partial charge in [-0.1, -0.05) is 83.6 Å². The van der Waals surface area contributed by atoms with E-state index < -0.39 is 0 Å². The van der Waals surface area contributed by atoms with Crippen molar-refractivity contribution in [2.24, 2.45) is 5.41 Å². The Morgan fingerprint density at radius 1 is 0.733 bits per heavy atom. The average Bonchev–Trinajstić information content (AvgIpc) is 3.01. The fourth-order valence-corrected chi connectivity index (χ4v) is 6.11. The highest BCUT2D eigenvalue weighted by Gasteiger charge is 2.49. The quantitative estimate of drug-likeness (QED) is 0.119. The summed E-state index contributed by atoms with van der Waals surface area (Å²) in [5, 5.41) is 0. The Morgan fingerprint density at radius 3 is 1.91 bits per heavy atom. The molecule has 2 aliphatic rings. The van der Waals surface area contributed by atoms with E-state index >= 15 is 0 Å². The van der Waals surface area contributed by atoms with Crippen LogP contribution in [0.5, 0.6) is 11.5 Å². The van der Waals surface area contributed by atoms with Gasteiger partial charge in [0.05, 0.1) is 30.9 Å². The van der Waals surface area contributed by atoms with Crippen LogP contribution in [0.1, 0.15) is 95.4 Å². The van der Waals surface area contributed by atoms with E-state index in [1.807, 2.05) is 12.3 Å². The molecular weight excluding hydrogens is 562 g/mol. The molecule has 7 heteroatoms. The number of unbranched alkanes of at least 4 members (excludes halogenated alkanes) is 7. The lowest BCUT2D eigenvalue weighted by atomic mass is 9.78. The maximum atomic E-state index is 6.09. The predicted molar refractivity (Wildman–Crippen MR) is 180 cm³/mol. The van der Waals surface area contributed by atoms with Crippen molar-refractivity contribution in [2.45, 2.75) is 90.6 Å². The van der Waals surface area contributed by atoms with Crippen LogP contribution >= 0.6 is 0 Å². The van der Waals surface area contributed by atoms with Crippen LogP contribution in [0.4, 0.5) is 5.95 Å². The molecule has 2 aromatic carbocycles. The molecule has 0 atom stereocenters. The summed E-state index contributed by atoms with van der Waals surface area (Å²) in [7, 11) is 0. The van der Waals surface area contributed by atoms with Crippen LogP contribution in [0.2, 0.25) is 0 Å². The first-order chi connectivity index (χ1) is 22.0. The Labute approximate surface area is 270 Å². The molecule has 7 nitrogen and oxygen atoms in total. The largest absolute Gasteiger partial charge is 0.494 e. The minimum atomic E-state index is -0.140. The zero-order chi connectivity index (χ0) is 31.4. The van der Waals surface area contributed by atoms with Gasteiger partial charge in [-0.05, 0) is 60.7 Å². The van der Waals surface area contributed by atoms with Crippen LogP contribution in [0.3, 0.4) is 0 Å². The second kappa shape index (κ2) is 16.4. The Kier molecular flexibility index (Phi) is 12.1. The number of nitrogens with zero attached hydrogens (tertiary/aromatic N) is 3. The topological polar surface area (TPSA) is 65.9 Å². The number of hydrogen-bond acceptors (Lipinski definition) is 7. The molecule has 2 saturated heterocycles. The summed E-state index contributed by atoms with van der Waals surface area (Å²) in [6.45, 7) is 13.4. The molecule has 3 aromatic rings. The van der Waals surface area contributed by atoms with Gasteiger partial charge < -0.3 is 23.8 Å². The van der Waals surface area contributed by atoms with Crippen LogP contribution in [0.25, 0.3) is 0 Å². The summed E-state index contributed by atoms with van der Waals surface area (Å²) in [5.74, 6) is 2.56. The molecule has 1 spiro atoms. The van der Waals surface area contributed by atoms with Crippen molar-refractivity contribution in [3.63, 3.8) is 0 Å². The lowest BCUT2D eigenvalue weighted by molar-refractivity contribution is -0.127. The summed E-state index contributed by atoms with van der Waals surface area (Å²) in [4.78, 5) is 11.4. The molecule has 0 aliphatic carbocycles. The standard InChI is InChI=1S/C38H53N3O4/c1-4-5-10-23-42-24-11-8-6-7-9-12-25-44-34-17-13-31(14-18-34)37(2,3)32-15-19-35(20-16-32)45-26-33-21-22-39-36(40-33)41-27-38(28-41)29-43-30-38/h13-22H,4-12,23-30H2,1-3H3. The van der Waals surface area contributed by atoms with Gasteiger partial charge in [-0.15, -0.1) is 0 Å². The van der Waals surface area contributed by atoms with Crippen molar-refractivity contribution in [1.29, 1.82) is 0 Å². The van der Waals surface area contributed by atoms with Gasteiger partial charge in [0, 0.05) is 37.9 Å². The third kappa shape index (κ3) is 9.43. The van der Waals surface area contributed by atoms with Crippen molar-refractivity contribution < 1.29 is 18.9 Å². The molecule has 0 N–H and O–H groups in total. The number of aromatic nitrogens is 2. The number of benzene rings is 2. The number of rotatable bonds is 20. The van der Waals surface area contributed by atoms with Gasteiger partial charge in [0.25, 0.3) is 0 Å². The molecule has 5 rings (SSSR count). The van der Waals surface area contributed by atoms with Crippen LogP contribution in [-0.2, 0) is 21.5 Å². The summed E-state index contributed by atoms with van der Waals surface area (Å²) >= 11 is 0. The monoisotopic (exact) mass is 615 g/mol. The molecule has 3 heterocycles. The molecule has 0 radical (unpaired) electrons. The SMILES string of the molecule is CCCCCOCCCCCCCCOc1ccc(C(C)(C)c2ccc(OCc3ccnc(N4CC5(COC5)C4)n3)cc2)cc1. The Hall–Kier alpha value is -3.16. The number of anilines is 1. The van der Waals surface area contributed by atoms with Gasteiger partial charge >= 0.3 is 0 Å². The average molecular weight is 616 g/mol. The zero-order valence-electron chi connectivity index (χ0n) is 27.8. The zero-order valence-corrected chi connectivity index (χ0v) is 27.8. The number of hydrogen-bond donors (Lipinski definition) is 0. The molecule has 45 heavy (non-hydrogen) atoms. The maximum absolute atomic E-state index is 6.09. The second-order valence-corrected chi connectivity index (χ2v) is 13.4. The first-order valence-corrected chi connectivity index (χ1v) is 17.2. The van der Waals surface area contributed by atoms with Gasteiger partial charge in [-0.2, -0.15) is 0 Å². The van der Waals surface area contributed by atoms with Gasteiger partial charge in [-0.3, -0.25) is 0 Å². The minimum Gasteiger partial charge on any atom is -0.494 e.